The number of pyridine rings is 2. The standard InChI is InChI=1S/C26H31N7S/c1-26(2)7-6-18-19(13-26)20-21-22(23(30-16-29-21)28-15-17-5-4-8-27-14-17)34-25(20)31-24(18)33-11-9-32(3)10-12-33/h4-5,8,14,16H,6-7,9-13,15H2,1-3H3,(H,28,29,30). The minimum Gasteiger partial charge on any atom is -0.365 e. The number of anilines is 2. The number of thiophene rings is 1. The molecule has 0 spiro atoms. The molecular formula is C26H31N7S. The number of rotatable bonds is 4. The molecule has 1 saturated heterocycles. The highest BCUT2D eigenvalue weighted by molar-refractivity contribution is 7.26. The van der Waals surface area contributed by atoms with E-state index in [0.29, 0.717) is 6.54 Å². The summed E-state index contributed by atoms with van der Waals surface area (Å²) in [5, 5.41) is 4.76. The Morgan fingerprint density at radius 3 is 2.76 bits per heavy atom. The van der Waals surface area contributed by atoms with Crippen LogP contribution in [0.15, 0.2) is 30.9 Å². The van der Waals surface area contributed by atoms with Crippen LogP contribution in [-0.4, -0.2) is 58.1 Å². The predicted octanol–water partition coefficient (Wildman–Crippen LogP) is 4.51. The number of hydrogen-bond donors (Lipinski definition) is 1. The second kappa shape index (κ2) is 8.43. The van der Waals surface area contributed by atoms with Crippen LogP contribution in [0.3, 0.4) is 0 Å². The van der Waals surface area contributed by atoms with Gasteiger partial charge < -0.3 is 15.1 Å². The van der Waals surface area contributed by atoms with Crippen molar-refractivity contribution < 1.29 is 0 Å². The lowest BCUT2D eigenvalue weighted by Gasteiger charge is -2.38. The zero-order chi connectivity index (χ0) is 23.3. The summed E-state index contributed by atoms with van der Waals surface area (Å²) in [7, 11) is 2.21. The van der Waals surface area contributed by atoms with E-state index >= 15 is 0 Å². The van der Waals surface area contributed by atoms with Crippen LogP contribution in [0.5, 0.6) is 0 Å². The third-order valence-corrected chi connectivity index (χ3v) is 8.37. The molecule has 0 bridgehead atoms. The summed E-state index contributed by atoms with van der Waals surface area (Å²) < 4.78 is 1.09. The van der Waals surface area contributed by atoms with Crippen molar-refractivity contribution in [1.82, 2.24) is 24.8 Å². The van der Waals surface area contributed by atoms with Crippen molar-refractivity contribution in [2.24, 2.45) is 5.41 Å². The van der Waals surface area contributed by atoms with Crippen molar-refractivity contribution >= 4 is 43.4 Å². The van der Waals surface area contributed by atoms with E-state index in [2.05, 4.69) is 52.0 Å². The highest BCUT2D eigenvalue weighted by Gasteiger charge is 2.33. The molecule has 0 radical (unpaired) electrons. The van der Waals surface area contributed by atoms with Crippen LogP contribution in [0.1, 0.15) is 37.0 Å². The first-order valence-electron chi connectivity index (χ1n) is 12.1. The first kappa shape index (κ1) is 21.7. The molecule has 7 nitrogen and oxygen atoms in total. The van der Waals surface area contributed by atoms with Gasteiger partial charge in [0.1, 0.15) is 22.8 Å². The lowest BCUT2D eigenvalue weighted by Crippen LogP contribution is -2.45. The van der Waals surface area contributed by atoms with Crippen molar-refractivity contribution in [3.05, 3.63) is 47.5 Å². The Morgan fingerprint density at radius 2 is 1.97 bits per heavy atom. The summed E-state index contributed by atoms with van der Waals surface area (Å²) in [5.74, 6) is 2.08. The quantitative estimate of drug-likeness (QED) is 0.467. The van der Waals surface area contributed by atoms with Crippen molar-refractivity contribution in [2.45, 2.75) is 39.7 Å². The molecule has 1 aliphatic carbocycles. The Labute approximate surface area is 204 Å². The van der Waals surface area contributed by atoms with Crippen LogP contribution >= 0.6 is 11.3 Å². The van der Waals surface area contributed by atoms with E-state index in [4.69, 9.17) is 9.97 Å². The highest BCUT2D eigenvalue weighted by atomic mass is 32.1. The minimum absolute atomic E-state index is 0.281. The Morgan fingerprint density at radius 1 is 1.12 bits per heavy atom. The van der Waals surface area contributed by atoms with E-state index in [1.807, 2.05) is 12.3 Å². The van der Waals surface area contributed by atoms with Gasteiger partial charge in [0.25, 0.3) is 0 Å². The Bertz CT molecular complexity index is 1340. The van der Waals surface area contributed by atoms with Gasteiger partial charge in [0.05, 0.1) is 10.2 Å². The van der Waals surface area contributed by atoms with Crippen LogP contribution in [-0.2, 0) is 19.4 Å². The van der Waals surface area contributed by atoms with Crippen LogP contribution in [0, 0.1) is 5.41 Å². The van der Waals surface area contributed by atoms with Gasteiger partial charge in [-0.3, -0.25) is 4.98 Å². The van der Waals surface area contributed by atoms with E-state index in [1.54, 1.807) is 23.9 Å². The molecule has 0 amide bonds. The Hall–Kier alpha value is -2.84. The molecule has 4 aromatic rings. The second-order valence-electron chi connectivity index (χ2n) is 10.4. The maximum absolute atomic E-state index is 5.30. The van der Waals surface area contributed by atoms with E-state index in [-0.39, 0.29) is 5.41 Å². The molecule has 176 valence electrons. The van der Waals surface area contributed by atoms with E-state index < -0.39 is 0 Å². The van der Waals surface area contributed by atoms with Gasteiger partial charge in [0.15, 0.2) is 0 Å². The molecule has 1 N–H and O–H groups in total. The molecule has 0 aromatic carbocycles. The van der Waals surface area contributed by atoms with Crippen molar-refractivity contribution in [3.63, 3.8) is 0 Å². The molecule has 34 heavy (non-hydrogen) atoms. The predicted molar refractivity (Wildman–Crippen MR) is 140 cm³/mol. The number of piperazine rings is 1. The van der Waals surface area contributed by atoms with Crippen LogP contribution in [0.2, 0.25) is 0 Å². The molecule has 0 saturated carbocycles. The maximum Gasteiger partial charge on any atom is 0.147 e. The fourth-order valence-corrected chi connectivity index (χ4v) is 6.40. The van der Waals surface area contributed by atoms with Gasteiger partial charge in [-0.1, -0.05) is 19.9 Å². The summed E-state index contributed by atoms with van der Waals surface area (Å²) in [6.07, 6.45) is 8.72. The zero-order valence-electron chi connectivity index (χ0n) is 20.1. The van der Waals surface area contributed by atoms with Crippen molar-refractivity contribution in [1.29, 1.82) is 0 Å². The van der Waals surface area contributed by atoms with Crippen LogP contribution < -0.4 is 10.2 Å². The first-order valence-corrected chi connectivity index (χ1v) is 13.0. The molecule has 1 fully saturated rings. The van der Waals surface area contributed by atoms with Gasteiger partial charge in [-0.05, 0) is 54.5 Å². The summed E-state index contributed by atoms with van der Waals surface area (Å²) in [4.78, 5) is 24.9. The average molecular weight is 474 g/mol. The topological polar surface area (TPSA) is 70.1 Å². The van der Waals surface area contributed by atoms with Crippen LogP contribution in [0.4, 0.5) is 11.6 Å². The summed E-state index contributed by atoms with van der Waals surface area (Å²) in [6.45, 7) is 9.70. The molecule has 4 aromatic heterocycles. The fourth-order valence-electron chi connectivity index (χ4n) is 5.28. The maximum atomic E-state index is 5.30. The van der Waals surface area contributed by atoms with Crippen LogP contribution in [0.25, 0.3) is 20.4 Å². The molecule has 8 heteroatoms. The molecule has 1 aliphatic heterocycles. The van der Waals surface area contributed by atoms with Gasteiger partial charge in [-0.15, -0.1) is 11.3 Å². The molecular weight excluding hydrogens is 442 g/mol. The van der Waals surface area contributed by atoms with Gasteiger partial charge in [-0.25, -0.2) is 15.0 Å². The van der Waals surface area contributed by atoms with Gasteiger partial charge in [-0.2, -0.15) is 0 Å². The molecule has 0 unspecified atom stereocenters. The third kappa shape index (κ3) is 3.88. The van der Waals surface area contributed by atoms with Crippen molar-refractivity contribution in [2.75, 3.05) is 43.4 Å². The molecule has 6 rings (SSSR count). The molecule has 5 heterocycles. The Kier molecular flexibility index (Phi) is 5.37. The third-order valence-electron chi connectivity index (χ3n) is 7.29. The fraction of sp³-hybridized carbons (Fsp3) is 0.462. The largest absolute Gasteiger partial charge is 0.365 e. The number of likely N-dealkylation sites (N-methyl/N-ethyl adjacent to an activating group) is 1. The monoisotopic (exact) mass is 473 g/mol. The number of fused-ring (bicyclic) bond motifs is 5. The first-order chi connectivity index (χ1) is 16.5. The average Bonchev–Trinajstić information content (AvgIpc) is 3.22. The normalized spacial score (nSPS) is 18.4. The minimum atomic E-state index is 0.281. The lowest BCUT2D eigenvalue weighted by molar-refractivity contribution is 0.307. The van der Waals surface area contributed by atoms with Gasteiger partial charge in [0.2, 0.25) is 0 Å². The molecule has 2 aliphatic rings. The highest BCUT2D eigenvalue weighted by Crippen LogP contribution is 2.46. The number of nitrogens with zero attached hydrogens (tertiary/aromatic N) is 6. The summed E-state index contributed by atoms with van der Waals surface area (Å²) >= 11 is 1.72. The molecule has 0 atom stereocenters. The number of nitrogens with one attached hydrogen (secondary N) is 1. The second-order valence-corrected chi connectivity index (χ2v) is 11.4. The number of aromatic nitrogens is 4. The Balaban J connectivity index is 1.48. The SMILES string of the molecule is CN1CCN(c2nc3sc4c(NCc5cccnc5)ncnc4c3c3c2CCC(C)(C)C3)CC1. The van der Waals surface area contributed by atoms with E-state index in [9.17, 15) is 0 Å². The summed E-state index contributed by atoms with van der Waals surface area (Å²) in [6, 6.07) is 4.04. The van der Waals surface area contributed by atoms with E-state index in [0.717, 1.165) is 65.4 Å². The zero-order valence-corrected chi connectivity index (χ0v) is 21.0. The smallest absolute Gasteiger partial charge is 0.147 e. The lowest BCUT2D eigenvalue weighted by atomic mass is 9.73. The van der Waals surface area contributed by atoms with E-state index in [1.165, 1.54) is 28.8 Å². The van der Waals surface area contributed by atoms with Gasteiger partial charge in [0, 0.05) is 50.5 Å². The summed E-state index contributed by atoms with van der Waals surface area (Å²) in [5.41, 5.74) is 5.35. The number of hydrogen-bond acceptors (Lipinski definition) is 8. The van der Waals surface area contributed by atoms with Crippen molar-refractivity contribution in [3.8, 4) is 0 Å². The van der Waals surface area contributed by atoms with Gasteiger partial charge >= 0.3 is 0 Å².